The second-order valence-electron chi connectivity index (χ2n) is 6.78. The van der Waals surface area contributed by atoms with Gasteiger partial charge in [0.2, 0.25) is 0 Å². The number of carboxylic acids is 2. The van der Waals surface area contributed by atoms with E-state index in [0.717, 1.165) is 19.4 Å². The summed E-state index contributed by atoms with van der Waals surface area (Å²) in [4.78, 5) is 46.3. The van der Waals surface area contributed by atoms with Crippen molar-refractivity contribution in [1.82, 2.24) is 14.9 Å². The molecule has 0 amide bonds. The van der Waals surface area contributed by atoms with Gasteiger partial charge in [-0.05, 0) is 37.1 Å². The fourth-order valence-electron chi connectivity index (χ4n) is 2.92. The summed E-state index contributed by atoms with van der Waals surface area (Å²) in [5, 5.41) is 19.5. The number of rotatable bonds is 9. The Bertz CT molecular complexity index is 1170. The minimum Gasteiger partial charge on any atom is -0.478 e. The molecule has 0 spiro atoms. The molecule has 2 aromatic carbocycles. The first-order valence-corrected chi connectivity index (χ1v) is 9.99. The number of nitrogens with one attached hydrogen (secondary N) is 2. The summed E-state index contributed by atoms with van der Waals surface area (Å²) in [5.74, 6) is -2.51. The summed E-state index contributed by atoms with van der Waals surface area (Å²) in [6.45, 7) is 1.82. The van der Waals surface area contributed by atoms with Gasteiger partial charge < -0.3 is 20.5 Å². The third-order valence-electron chi connectivity index (χ3n) is 4.43. The van der Waals surface area contributed by atoms with E-state index in [9.17, 15) is 19.2 Å². The number of aromatic amines is 1. The lowest BCUT2D eigenvalue weighted by Crippen LogP contribution is -2.38. The highest BCUT2D eigenvalue weighted by molar-refractivity contribution is 5.89. The van der Waals surface area contributed by atoms with Gasteiger partial charge >= 0.3 is 17.6 Å². The van der Waals surface area contributed by atoms with E-state index < -0.39 is 11.9 Å². The molecule has 3 aromatic rings. The average molecular weight is 439 g/mol. The molecule has 0 saturated heterocycles. The van der Waals surface area contributed by atoms with Crippen LogP contribution in [0.4, 0.5) is 0 Å². The van der Waals surface area contributed by atoms with Crippen molar-refractivity contribution in [1.29, 1.82) is 0 Å². The topological polar surface area (TPSA) is 141 Å². The number of aliphatic carboxylic acids is 2. The van der Waals surface area contributed by atoms with Crippen LogP contribution >= 0.6 is 0 Å². The largest absolute Gasteiger partial charge is 0.478 e. The van der Waals surface area contributed by atoms with E-state index >= 15 is 0 Å². The first-order chi connectivity index (χ1) is 15.4. The van der Waals surface area contributed by atoms with Gasteiger partial charge in [-0.25, -0.2) is 14.4 Å². The van der Waals surface area contributed by atoms with Crippen molar-refractivity contribution in [2.45, 2.75) is 19.4 Å². The van der Waals surface area contributed by atoms with Gasteiger partial charge in [0.05, 0.1) is 10.9 Å². The Morgan fingerprint density at radius 2 is 1.53 bits per heavy atom. The molecular weight excluding hydrogens is 414 g/mol. The molecule has 0 bridgehead atoms. The molecule has 3 rings (SSSR count). The Labute approximate surface area is 183 Å². The van der Waals surface area contributed by atoms with Crippen LogP contribution in [-0.2, 0) is 22.6 Å². The second kappa shape index (κ2) is 12.7. The minimum absolute atomic E-state index is 0.236. The lowest BCUT2D eigenvalue weighted by atomic mass is 10.1. The number of hydrogen-bond acceptors (Lipinski definition) is 5. The lowest BCUT2D eigenvalue weighted by molar-refractivity contribution is -0.134. The molecule has 4 N–H and O–H groups in total. The van der Waals surface area contributed by atoms with Crippen LogP contribution in [-0.4, -0.2) is 44.8 Å². The zero-order valence-electron chi connectivity index (χ0n) is 17.4. The number of hydrogen-bond donors (Lipinski definition) is 4. The van der Waals surface area contributed by atoms with Gasteiger partial charge in [-0.2, -0.15) is 0 Å². The Morgan fingerprint density at radius 1 is 0.906 bits per heavy atom. The standard InChI is InChI=1S/C19H21N3O2.C4H4O4/c23-18-16-10-4-5-11-17(16)21-19(24)22(18)14-13-20-12-6-9-15-7-2-1-3-8-15;5-3(6)1-2-4(7)8/h1-5,7-8,10-11,20H,6,9,12-14H2,(H,21,24);1-2H,(H,5,6)(H,7,8)/b;2-1-. The fourth-order valence-corrected chi connectivity index (χ4v) is 2.92. The molecular formula is C23H25N3O6. The maximum Gasteiger partial charge on any atom is 0.328 e. The molecule has 0 atom stereocenters. The Kier molecular flexibility index (Phi) is 9.61. The average Bonchev–Trinajstić information content (AvgIpc) is 2.77. The first-order valence-electron chi connectivity index (χ1n) is 9.99. The number of benzene rings is 2. The van der Waals surface area contributed by atoms with Gasteiger partial charge in [0.25, 0.3) is 5.56 Å². The maximum atomic E-state index is 12.4. The predicted octanol–water partition coefficient (Wildman–Crippen LogP) is 1.62. The number of fused-ring (bicyclic) bond motifs is 1. The SMILES string of the molecule is O=C(O)/C=C\C(=O)O.O=c1[nH]c2ccccc2c(=O)n1CCNCCCc1ccccc1. The Hall–Kier alpha value is -3.98. The zero-order valence-corrected chi connectivity index (χ0v) is 17.4. The zero-order chi connectivity index (χ0) is 23.3. The van der Waals surface area contributed by atoms with Crippen LogP contribution in [0.2, 0.25) is 0 Å². The van der Waals surface area contributed by atoms with Crippen molar-refractivity contribution in [2.24, 2.45) is 0 Å². The summed E-state index contributed by atoms with van der Waals surface area (Å²) in [6, 6.07) is 17.4. The molecule has 9 heteroatoms. The number of para-hydroxylation sites is 1. The number of carbonyl (C=O) groups is 2. The van der Waals surface area contributed by atoms with Crippen LogP contribution in [0.1, 0.15) is 12.0 Å². The van der Waals surface area contributed by atoms with Gasteiger partial charge in [0.15, 0.2) is 0 Å². The number of nitrogens with zero attached hydrogens (tertiary/aromatic N) is 1. The lowest BCUT2D eigenvalue weighted by Gasteiger charge is -2.08. The number of aryl methyl sites for hydroxylation is 1. The van der Waals surface area contributed by atoms with E-state index in [-0.39, 0.29) is 11.2 Å². The van der Waals surface area contributed by atoms with Gasteiger partial charge in [-0.1, -0.05) is 42.5 Å². The summed E-state index contributed by atoms with van der Waals surface area (Å²) in [7, 11) is 0. The fraction of sp³-hybridized carbons (Fsp3) is 0.217. The van der Waals surface area contributed by atoms with Crippen LogP contribution in [0.3, 0.4) is 0 Å². The molecule has 9 nitrogen and oxygen atoms in total. The third kappa shape index (κ3) is 8.04. The van der Waals surface area contributed by atoms with Crippen molar-refractivity contribution < 1.29 is 19.8 Å². The van der Waals surface area contributed by atoms with Crippen LogP contribution in [0, 0.1) is 0 Å². The summed E-state index contributed by atoms with van der Waals surface area (Å²) in [6.07, 6.45) is 3.15. The highest BCUT2D eigenvalue weighted by Gasteiger charge is 2.06. The number of H-pyrrole nitrogens is 1. The van der Waals surface area contributed by atoms with E-state index in [1.54, 1.807) is 24.3 Å². The molecule has 1 aromatic heterocycles. The smallest absolute Gasteiger partial charge is 0.328 e. The quantitative estimate of drug-likeness (QED) is 0.293. The van der Waals surface area contributed by atoms with Crippen molar-refractivity contribution in [3.8, 4) is 0 Å². The molecule has 0 unspecified atom stereocenters. The highest BCUT2D eigenvalue weighted by atomic mass is 16.4. The minimum atomic E-state index is -1.26. The molecule has 0 saturated carbocycles. The van der Waals surface area contributed by atoms with Crippen LogP contribution < -0.4 is 16.6 Å². The first kappa shape index (κ1) is 24.3. The molecule has 0 aliphatic rings. The third-order valence-corrected chi connectivity index (χ3v) is 4.43. The van der Waals surface area contributed by atoms with Gasteiger partial charge in [-0.3, -0.25) is 9.36 Å². The maximum absolute atomic E-state index is 12.4. The highest BCUT2D eigenvalue weighted by Crippen LogP contribution is 2.03. The van der Waals surface area contributed by atoms with E-state index in [1.165, 1.54) is 10.1 Å². The summed E-state index contributed by atoms with van der Waals surface area (Å²) in [5.41, 5.74) is 1.31. The Morgan fingerprint density at radius 3 is 2.19 bits per heavy atom. The van der Waals surface area contributed by atoms with Crippen molar-refractivity contribution in [3.05, 3.63) is 93.2 Å². The van der Waals surface area contributed by atoms with E-state index in [1.807, 2.05) is 18.2 Å². The monoisotopic (exact) mass is 439 g/mol. The molecule has 168 valence electrons. The van der Waals surface area contributed by atoms with Gasteiger partial charge in [-0.15, -0.1) is 0 Å². The molecule has 0 fully saturated rings. The molecule has 0 radical (unpaired) electrons. The number of carboxylic acid groups (broad SMARTS) is 2. The predicted molar refractivity (Wildman–Crippen MR) is 121 cm³/mol. The van der Waals surface area contributed by atoms with Crippen LogP contribution in [0.25, 0.3) is 10.9 Å². The second-order valence-corrected chi connectivity index (χ2v) is 6.78. The van der Waals surface area contributed by atoms with E-state index in [4.69, 9.17) is 10.2 Å². The number of aromatic nitrogens is 2. The molecule has 0 aliphatic carbocycles. The molecule has 0 aliphatic heterocycles. The van der Waals surface area contributed by atoms with Gasteiger partial charge in [0.1, 0.15) is 0 Å². The van der Waals surface area contributed by atoms with Crippen molar-refractivity contribution in [2.75, 3.05) is 13.1 Å². The summed E-state index contributed by atoms with van der Waals surface area (Å²) < 4.78 is 1.26. The van der Waals surface area contributed by atoms with Crippen molar-refractivity contribution in [3.63, 3.8) is 0 Å². The van der Waals surface area contributed by atoms with Gasteiger partial charge in [0, 0.05) is 25.2 Å². The van der Waals surface area contributed by atoms with Crippen LogP contribution in [0.15, 0.2) is 76.3 Å². The normalized spacial score (nSPS) is 10.6. The van der Waals surface area contributed by atoms with E-state index in [2.05, 4.69) is 22.4 Å². The molecule has 1 heterocycles. The van der Waals surface area contributed by atoms with E-state index in [0.29, 0.717) is 36.1 Å². The molecule has 32 heavy (non-hydrogen) atoms. The van der Waals surface area contributed by atoms with Crippen molar-refractivity contribution >= 4 is 22.8 Å². The summed E-state index contributed by atoms with van der Waals surface area (Å²) >= 11 is 0. The Balaban J connectivity index is 0.000000390. The van der Waals surface area contributed by atoms with Crippen LogP contribution in [0.5, 0.6) is 0 Å².